The van der Waals surface area contributed by atoms with E-state index in [0.717, 1.165) is 13.0 Å². The van der Waals surface area contributed by atoms with Crippen molar-refractivity contribution >= 4 is 17.2 Å². The van der Waals surface area contributed by atoms with Gasteiger partial charge in [-0.1, -0.05) is 6.92 Å². The standard InChI is InChI=1S/C15H25N3O2S/c1-4-11(16)14(13-6-5-10(2)21-13)18-7-8-20-9-12(18)15(19)17-3/h5-6,11-12,14H,4,7-9,16H2,1-3H3,(H,17,19). The Morgan fingerprint density at radius 3 is 2.95 bits per heavy atom. The van der Waals surface area contributed by atoms with Crippen LogP contribution >= 0.6 is 11.3 Å². The number of nitrogens with two attached hydrogens (primary N) is 1. The van der Waals surface area contributed by atoms with Gasteiger partial charge in [-0.3, -0.25) is 9.69 Å². The summed E-state index contributed by atoms with van der Waals surface area (Å²) in [5, 5.41) is 2.74. The lowest BCUT2D eigenvalue weighted by atomic mass is 10.00. The average Bonchev–Trinajstić information content (AvgIpc) is 2.93. The van der Waals surface area contributed by atoms with Crippen LogP contribution < -0.4 is 11.1 Å². The lowest BCUT2D eigenvalue weighted by molar-refractivity contribution is -0.134. The zero-order valence-corrected chi connectivity index (χ0v) is 13.8. The van der Waals surface area contributed by atoms with E-state index in [1.165, 1.54) is 9.75 Å². The van der Waals surface area contributed by atoms with E-state index in [0.29, 0.717) is 13.2 Å². The SMILES string of the molecule is CCC(N)C(c1ccc(C)s1)N1CCOCC1C(=O)NC. The van der Waals surface area contributed by atoms with Gasteiger partial charge in [0.1, 0.15) is 6.04 Å². The highest BCUT2D eigenvalue weighted by molar-refractivity contribution is 7.12. The molecule has 0 radical (unpaired) electrons. The minimum absolute atomic E-state index is 0.00344. The van der Waals surface area contributed by atoms with Crippen molar-refractivity contribution in [3.05, 3.63) is 21.9 Å². The highest BCUT2D eigenvalue weighted by Gasteiger charge is 2.37. The van der Waals surface area contributed by atoms with E-state index in [-0.39, 0.29) is 24.0 Å². The van der Waals surface area contributed by atoms with Crippen LogP contribution in [0.2, 0.25) is 0 Å². The predicted octanol–water partition coefficient (Wildman–Crippen LogP) is 1.28. The highest BCUT2D eigenvalue weighted by atomic mass is 32.1. The third kappa shape index (κ3) is 3.63. The second-order valence-corrected chi connectivity index (χ2v) is 6.73. The third-order valence-corrected chi connectivity index (χ3v) is 5.08. The van der Waals surface area contributed by atoms with Crippen LogP contribution in [0.4, 0.5) is 0 Å². The van der Waals surface area contributed by atoms with Crippen molar-refractivity contribution < 1.29 is 9.53 Å². The summed E-state index contributed by atoms with van der Waals surface area (Å²) in [6, 6.07) is 4.06. The zero-order chi connectivity index (χ0) is 15.4. The molecule has 1 aliphatic heterocycles. The van der Waals surface area contributed by atoms with E-state index >= 15 is 0 Å². The van der Waals surface area contributed by atoms with Gasteiger partial charge in [0.15, 0.2) is 0 Å². The number of carbonyl (C=O) groups is 1. The molecule has 0 aliphatic carbocycles. The van der Waals surface area contributed by atoms with Crippen molar-refractivity contribution in [2.24, 2.45) is 5.73 Å². The minimum atomic E-state index is -0.270. The number of nitrogens with one attached hydrogen (secondary N) is 1. The molecule has 0 aromatic carbocycles. The average molecular weight is 311 g/mol. The Kier molecular flexibility index (Phi) is 5.75. The summed E-state index contributed by atoms with van der Waals surface area (Å²) in [5.41, 5.74) is 6.39. The molecule has 21 heavy (non-hydrogen) atoms. The molecule has 1 fully saturated rings. The van der Waals surface area contributed by atoms with E-state index < -0.39 is 0 Å². The van der Waals surface area contributed by atoms with Crippen molar-refractivity contribution in [3.63, 3.8) is 0 Å². The summed E-state index contributed by atoms with van der Waals surface area (Å²) in [4.78, 5) is 16.9. The van der Waals surface area contributed by atoms with Gasteiger partial charge in [0.2, 0.25) is 5.91 Å². The molecule has 0 saturated carbocycles. The van der Waals surface area contributed by atoms with Crippen molar-refractivity contribution in [1.82, 2.24) is 10.2 Å². The molecular weight excluding hydrogens is 286 g/mol. The maximum absolute atomic E-state index is 12.2. The van der Waals surface area contributed by atoms with Gasteiger partial charge in [-0.25, -0.2) is 0 Å². The van der Waals surface area contributed by atoms with Crippen LogP contribution in [0.5, 0.6) is 0 Å². The topological polar surface area (TPSA) is 67.6 Å². The highest BCUT2D eigenvalue weighted by Crippen LogP contribution is 2.33. The van der Waals surface area contributed by atoms with E-state index in [4.69, 9.17) is 10.5 Å². The van der Waals surface area contributed by atoms with Gasteiger partial charge in [0.05, 0.1) is 19.3 Å². The maximum Gasteiger partial charge on any atom is 0.239 e. The van der Waals surface area contributed by atoms with Gasteiger partial charge in [0.25, 0.3) is 0 Å². The largest absolute Gasteiger partial charge is 0.378 e. The Morgan fingerprint density at radius 1 is 1.62 bits per heavy atom. The molecule has 3 N–H and O–H groups in total. The fourth-order valence-electron chi connectivity index (χ4n) is 2.80. The molecule has 1 aromatic rings. The number of thiophene rings is 1. The third-order valence-electron chi connectivity index (χ3n) is 4.01. The number of hydrogen-bond donors (Lipinski definition) is 2. The Morgan fingerprint density at radius 2 is 2.38 bits per heavy atom. The number of carbonyl (C=O) groups excluding carboxylic acids is 1. The summed E-state index contributed by atoms with van der Waals surface area (Å²) >= 11 is 1.76. The van der Waals surface area contributed by atoms with Gasteiger partial charge in [-0.15, -0.1) is 11.3 Å². The smallest absolute Gasteiger partial charge is 0.239 e. The van der Waals surface area contributed by atoms with E-state index in [1.54, 1.807) is 18.4 Å². The molecule has 2 rings (SSSR count). The number of likely N-dealkylation sites (N-methyl/N-ethyl adjacent to an activating group) is 1. The van der Waals surface area contributed by atoms with E-state index in [1.807, 2.05) is 0 Å². The minimum Gasteiger partial charge on any atom is -0.378 e. The molecule has 1 saturated heterocycles. The van der Waals surface area contributed by atoms with Gasteiger partial charge in [-0.05, 0) is 25.5 Å². The molecule has 118 valence electrons. The Balaban J connectivity index is 2.31. The number of rotatable bonds is 5. The lowest BCUT2D eigenvalue weighted by Crippen LogP contribution is -2.57. The molecule has 3 atom stereocenters. The second kappa shape index (κ2) is 7.35. The zero-order valence-electron chi connectivity index (χ0n) is 13.0. The van der Waals surface area contributed by atoms with Crippen LogP contribution in [-0.2, 0) is 9.53 Å². The molecule has 2 heterocycles. The fourth-order valence-corrected chi connectivity index (χ4v) is 3.87. The van der Waals surface area contributed by atoms with Crippen LogP contribution in [-0.4, -0.2) is 49.7 Å². The van der Waals surface area contributed by atoms with E-state index in [9.17, 15) is 4.79 Å². The molecule has 1 aromatic heterocycles. The van der Waals surface area contributed by atoms with Gasteiger partial charge < -0.3 is 15.8 Å². The predicted molar refractivity (Wildman–Crippen MR) is 85.4 cm³/mol. The summed E-state index contributed by atoms with van der Waals surface area (Å²) in [6.45, 7) is 5.99. The summed E-state index contributed by atoms with van der Waals surface area (Å²) < 4.78 is 5.50. The molecule has 6 heteroatoms. The quantitative estimate of drug-likeness (QED) is 0.860. The van der Waals surface area contributed by atoms with Gasteiger partial charge >= 0.3 is 0 Å². The first-order valence-corrected chi connectivity index (χ1v) is 8.27. The van der Waals surface area contributed by atoms with Crippen LogP contribution in [0.25, 0.3) is 0 Å². The first kappa shape index (κ1) is 16.4. The molecule has 3 unspecified atom stereocenters. The maximum atomic E-state index is 12.2. The van der Waals surface area contributed by atoms with Crippen LogP contribution in [0, 0.1) is 6.92 Å². The second-order valence-electron chi connectivity index (χ2n) is 5.41. The number of aryl methyl sites for hydroxylation is 1. The summed E-state index contributed by atoms with van der Waals surface area (Å²) in [7, 11) is 1.67. The molecular formula is C15H25N3O2S. The molecule has 0 bridgehead atoms. The van der Waals surface area contributed by atoms with Crippen LogP contribution in [0.3, 0.4) is 0 Å². The Bertz CT molecular complexity index is 477. The van der Waals surface area contributed by atoms with Crippen LogP contribution in [0.1, 0.15) is 29.1 Å². The fraction of sp³-hybridized carbons (Fsp3) is 0.667. The number of nitrogens with zero attached hydrogens (tertiary/aromatic N) is 1. The summed E-state index contributed by atoms with van der Waals surface area (Å²) in [6.07, 6.45) is 0.874. The normalized spacial score (nSPS) is 22.8. The number of amides is 1. The first-order chi connectivity index (χ1) is 10.1. The molecule has 1 amide bonds. The van der Waals surface area contributed by atoms with Crippen molar-refractivity contribution in [2.75, 3.05) is 26.8 Å². The lowest BCUT2D eigenvalue weighted by Gasteiger charge is -2.41. The molecule has 0 spiro atoms. The monoisotopic (exact) mass is 311 g/mol. The Hall–Kier alpha value is -0.950. The molecule has 1 aliphatic rings. The number of hydrogen-bond acceptors (Lipinski definition) is 5. The number of morpholine rings is 1. The first-order valence-electron chi connectivity index (χ1n) is 7.45. The van der Waals surface area contributed by atoms with Crippen molar-refractivity contribution in [2.45, 2.75) is 38.4 Å². The van der Waals surface area contributed by atoms with Crippen molar-refractivity contribution in [1.29, 1.82) is 0 Å². The number of ether oxygens (including phenoxy) is 1. The van der Waals surface area contributed by atoms with Gasteiger partial charge in [-0.2, -0.15) is 0 Å². The Labute approximate surface area is 130 Å². The summed E-state index contributed by atoms with van der Waals surface area (Å²) in [5.74, 6) is -0.00344. The van der Waals surface area contributed by atoms with Gasteiger partial charge in [0, 0.05) is 29.4 Å². The van der Waals surface area contributed by atoms with Crippen molar-refractivity contribution in [3.8, 4) is 0 Å². The van der Waals surface area contributed by atoms with Crippen LogP contribution in [0.15, 0.2) is 12.1 Å². The van der Waals surface area contributed by atoms with E-state index in [2.05, 4.69) is 36.2 Å². The molecule has 5 nitrogen and oxygen atoms in total.